The lowest BCUT2D eigenvalue weighted by atomic mass is 10.1. The Kier molecular flexibility index (Phi) is 4.34. The molecule has 0 fully saturated rings. The van der Waals surface area contributed by atoms with Gasteiger partial charge in [0.1, 0.15) is 5.75 Å². The van der Waals surface area contributed by atoms with E-state index in [1.807, 2.05) is 12.1 Å². The minimum Gasteiger partial charge on any atom is -0.493 e. The second-order valence-electron chi connectivity index (χ2n) is 3.59. The number of benzene rings is 1. The van der Waals surface area contributed by atoms with Crippen molar-refractivity contribution >= 4 is 5.91 Å². The fourth-order valence-electron chi connectivity index (χ4n) is 1.10. The molecule has 0 aliphatic carbocycles. The summed E-state index contributed by atoms with van der Waals surface area (Å²) >= 11 is 0. The second-order valence-corrected chi connectivity index (χ2v) is 3.59. The van der Waals surface area contributed by atoms with E-state index in [0.717, 1.165) is 5.56 Å². The zero-order chi connectivity index (χ0) is 12.0. The van der Waals surface area contributed by atoms with Crippen LogP contribution in [-0.4, -0.2) is 12.5 Å². The molecule has 0 aromatic heterocycles. The minimum atomic E-state index is -0.374. The lowest BCUT2D eigenvalue weighted by Gasteiger charge is -2.09. The van der Waals surface area contributed by atoms with Crippen molar-refractivity contribution < 1.29 is 9.53 Å². The first-order valence-corrected chi connectivity index (χ1v) is 5.01. The van der Waals surface area contributed by atoms with Gasteiger partial charge in [0.05, 0.1) is 25.0 Å². The summed E-state index contributed by atoms with van der Waals surface area (Å²) in [5, 5.41) is 8.49. The third-order valence-electron chi connectivity index (χ3n) is 2.19. The molecule has 0 heterocycles. The summed E-state index contributed by atoms with van der Waals surface area (Å²) in [4.78, 5) is 10.8. The summed E-state index contributed by atoms with van der Waals surface area (Å²) in [6, 6.07) is 9.28. The molecule has 0 spiro atoms. The van der Waals surface area contributed by atoms with Gasteiger partial charge in [-0.1, -0.05) is 19.1 Å². The Morgan fingerprint density at radius 1 is 1.50 bits per heavy atom. The van der Waals surface area contributed by atoms with E-state index in [4.69, 9.17) is 15.7 Å². The van der Waals surface area contributed by atoms with Gasteiger partial charge in [-0.25, -0.2) is 0 Å². The minimum absolute atomic E-state index is 0.271. The normalized spacial score (nSPS) is 11.5. The average Bonchev–Trinajstić information content (AvgIpc) is 2.28. The Balaban J connectivity index is 2.50. The van der Waals surface area contributed by atoms with Crippen molar-refractivity contribution in [2.75, 3.05) is 6.61 Å². The standard InChI is InChI=1S/C12H14N2O2/c1-9(12(14)15)8-16-11-4-2-10(3-5-11)6-7-13/h2-5,9H,6,8H2,1H3,(H2,14,15). The molecule has 0 saturated heterocycles. The van der Waals surface area contributed by atoms with Crippen LogP contribution in [0.5, 0.6) is 5.75 Å². The SMILES string of the molecule is CC(COc1ccc(CC#N)cc1)C(N)=O. The fourth-order valence-corrected chi connectivity index (χ4v) is 1.10. The molecule has 1 unspecified atom stereocenters. The molecule has 4 nitrogen and oxygen atoms in total. The molecule has 16 heavy (non-hydrogen) atoms. The maximum absolute atomic E-state index is 10.8. The number of ether oxygens (including phenoxy) is 1. The molecule has 4 heteroatoms. The lowest BCUT2D eigenvalue weighted by Crippen LogP contribution is -2.25. The molecule has 1 aromatic carbocycles. The van der Waals surface area contributed by atoms with Crippen LogP contribution in [0.25, 0.3) is 0 Å². The fraction of sp³-hybridized carbons (Fsp3) is 0.333. The molecule has 1 amide bonds. The lowest BCUT2D eigenvalue weighted by molar-refractivity contribution is -0.122. The maximum atomic E-state index is 10.8. The number of rotatable bonds is 5. The number of amides is 1. The molecule has 0 aliphatic rings. The van der Waals surface area contributed by atoms with Crippen LogP contribution in [0.1, 0.15) is 12.5 Å². The van der Waals surface area contributed by atoms with Crippen molar-refractivity contribution in [3.63, 3.8) is 0 Å². The monoisotopic (exact) mass is 218 g/mol. The Labute approximate surface area is 94.6 Å². The molecule has 0 saturated carbocycles. The third kappa shape index (κ3) is 3.62. The van der Waals surface area contributed by atoms with Crippen molar-refractivity contribution in [3.8, 4) is 11.8 Å². The van der Waals surface area contributed by atoms with Crippen LogP contribution >= 0.6 is 0 Å². The van der Waals surface area contributed by atoms with Gasteiger partial charge in [-0.05, 0) is 17.7 Å². The highest BCUT2D eigenvalue weighted by molar-refractivity contribution is 5.76. The van der Waals surface area contributed by atoms with Crippen molar-refractivity contribution in [2.24, 2.45) is 11.7 Å². The number of primary amides is 1. The van der Waals surface area contributed by atoms with E-state index in [1.54, 1.807) is 19.1 Å². The zero-order valence-electron chi connectivity index (χ0n) is 9.14. The number of nitrogens with two attached hydrogens (primary N) is 1. The van der Waals surface area contributed by atoms with Crippen molar-refractivity contribution in [1.29, 1.82) is 5.26 Å². The van der Waals surface area contributed by atoms with Gasteiger partial charge in [0.15, 0.2) is 0 Å². The van der Waals surface area contributed by atoms with E-state index in [-0.39, 0.29) is 18.4 Å². The summed E-state index contributed by atoms with van der Waals surface area (Å²) in [6.45, 7) is 1.99. The van der Waals surface area contributed by atoms with Gasteiger partial charge in [0.2, 0.25) is 5.91 Å². The molecule has 1 aromatic rings. The number of carbonyl (C=O) groups excluding carboxylic acids is 1. The molecule has 0 radical (unpaired) electrons. The van der Waals surface area contributed by atoms with Gasteiger partial charge < -0.3 is 10.5 Å². The Morgan fingerprint density at radius 3 is 2.62 bits per heavy atom. The van der Waals surface area contributed by atoms with Gasteiger partial charge in [-0.2, -0.15) is 5.26 Å². The second kappa shape index (κ2) is 5.76. The Morgan fingerprint density at radius 2 is 2.12 bits per heavy atom. The van der Waals surface area contributed by atoms with Crippen LogP contribution < -0.4 is 10.5 Å². The van der Waals surface area contributed by atoms with Gasteiger partial charge in [0, 0.05) is 0 Å². The predicted octanol–water partition coefficient (Wildman–Crippen LogP) is 1.25. The average molecular weight is 218 g/mol. The van der Waals surface area contributed by atoms with Gasteiger partial charge >= 0.3 is 0 Å². The molecular weight excluding hydrogens is 204 g/mol. The molecule has 0 bridgehead atoms. The van der Waals surface area contributed by atoms with Crippen LogP contribution in [0.2, 0.25) is 0 Å². The molecule has 1 atom stereocenters. The highest BCUT2D eigenvalue weighted by Gasteiger charge is 2.08. The van der Waals surface area contributed by atoms with Gasteiger partial charge in [0.25, 0.3) is 0 Å². The van der Waals surface area contributed by atoms with Gasteiger partial charge in [-0.3, -0.25) is 4.79 Å². The summed E-state index contributed by atoms with van der Waals surface area (Å²) in [6.07, 6.45) is 0.387. The number of carbonyl (C=O) groups is 1. The van der Waals surface area contributed by atoms with Crippen molar-refractivity contribution in [2.45, 2.75) is 13.3 Å². The van der Waals surface area contributed by atoms with Crippen molar-refractivity contribution in [1.82, 2.24) is 0 Å². The first-order valence-electron chi connectivity index (χ1n) is 5.01. The molecule has 2 N–H and O–H groups in total. The van der Waals surface area contributed by atoms with E-state index in [9.17, 15) is 4.79 Å². The molecule has 0 aliphatic heterocycles. The van der Waals surface area contributed by atoms with Crippen LogP contribution in [-0.2, 0) is 11.2 Å². The third-order valence-corrected chi connectivity index (χ3v) is 2.19. The van der Waals surface area contributed by atoms with E-state index in [0.29, 0.717) is 12.2 Å². The van der Waals surface area contributed by atoms with Crippen LogP contribution in [0.4, 0.5) is 0 Å². The highest BCUT2D eigenvalue weighted by Crippen LogP contribution is 2.13. The summed E-state index contributed by atoms with van der Waals surface area (Å²) in [7, 11) is 0. The number of nitriles is 1. The van der Waals surface area contributed by atoms with E-state index in [1.165, 1.54) is 0 Å². The quantitative estimate of drug-likeness (QED) is 0.808. The smallest absolute Gasteiger partial charge is 0.223 e. The first kappa shape index (κ1) is 12.1. The first-order chi connectivity index (χ1) is 7.63. The maximum Gasteiger partial charge on any atom is 0.223 e. The van der Waals surface area contributed by atoms with E-state index < -0.39 is 0 Å². The summed E-state index contributed by atoms with van der Waals surface area (Å²) in [5.41, 5.74) is 6.05. The summed E-state index contributed by atoms with van der Waals surface area (Å²) in [5.74, 6) is -0.00493. The zero-order valence-corrected chi connectivity index (χ0v) is 9.14. The van der Waals surface area contributed by atoms with E-state index in [2.05, 4.69) is 6.07 Å². The molecule has 1 rings (SSSR count). The van der Waals surface area contributed by atoms with Crippen LogP contribution in [0, 0.1) is 17.2 Å². The van der Waals surface area contributed by atoms with E-state index >= 15 is 0 Å². The number of hydrogen-bond donors (Lipinski definition) is 1. The molecular formula is C12H14N2O2. The Hall–Kier alpha value is -2.02. The predicted molar refractivity (Wildman–Crippen MR) is 59.6 cm³/mol. The Bertz CT molecular complexity index is 392. The van der Waals surface area contributed by atoms with Crippen LogP contribution in [0.3, 0.4) is 0 Å². The highest BCUT2D eigenvalue weighted by atomic mass is 16.5. The topological polar surface area (TPSA) is 76.1 Å². The van der Waals surface area contributed by atoms with Crippen molar-refractivity contribution in [3.05, 3.63) is 29.8 Å². The molecule has 84 valence electrons. The summed E-state index contributed by atoms with van der Waals surface area (Å²) < 4.78 is 5.38. The van der Waals surface area contributed by atoms with Gasteiger partial charge in [-0.15, -0.1) is 0 Å². The van der Waals surface area contributed by atoms with Crippen LogP contribution in [0.15, 0.2) is 24.3 Å². The largest absolute Gasteiger partial charge is 0.493 e. The number of hydrogen-bond acceptors (Lipinski definition) is 3. The number of nitrogens with zero attached hydrogens (tertiary/aromatic N) is 1.